The van der Waals surface area contributed by atoms with Gasteiger partial charge in [0.2, 0.25) is 0 Å². The van der Waals surface area contributed by atoms with Crippen molar-refractivity contribution < 1.29 is 0 Å². The van der Waals surface area contributed by atoms with Gasteiger partial charge in [0.05, 0.1) is 5.69 Å². The van der Waals surface area contributed by atoms with Crippen LogP contribution >= 0.6 is 0 Å². The molecule has 2 rings (SSSR count). The fourth-order valence-corrected chi connectivity index (χ4v) is 1.29. The second kappa shape index (κ2) is 3.50. The van der Waals surface area contributed by atoms with E-state index in [2.05, 4.69) is 11.1 Å². The standard InChI is InChI=1S/C12H12N2/c1-9-2-7-12(14-8-9)10-3-5-11(13)6-4-10/h2-8H,13H2,1H3. The van der Waals surface area contributed by atoms with Crippen molar-refractivity contribution >= 4 is 5.69 Å². The highest BCUT2D eigenvalue weighted by Crippen LogP contribution is 2.17. The molecule has 1 aromatic heterocycles. The van der Waals surface area contributed by atoms with E-state index in [1.165, 1.54) is 5.56 Å². The maximum atomic E-state index is 5.61. The van der Waals surface area contributed by atoms with E-state index in [1.807, 2.05) is 43.5 Å². The van der Waals surface area contributed by atoms with Gasteiger partial charge in [0.25, 0.3) is 0 Å². The summed E-state index contributed by atoms with van der Waals surface area (Å²) < 4.78 is 0. The molecule has 0 unspecified atom stereocenters. The van der Waals surface area contributed by atoms with Crippen molar-refractivity contribution in [1.29, 1.82) is 0 Å². The second-order valence-corrected chi connectivity index (χ2v) is 3.34. The third kappa shape index (κ3) is 1.74. The minimum absolute atomic E-state index is 0.779. The van der Waals surface area contributed by atoms with Gasteiger partial charge in [0.1, 0.15) is 0 Å². The first-order valence-corrected chi connectivity index (χ1v) is 4.54. The van der Waals surface area contributed by atoms with E-state index in [-0.39, 0.29) is 0 Å². The lowest BCUT2D eigenvalue weighted by atomic mass is 10.1. The first-order valence-electron chi connectivity index (χ1n) is 4.54. The first-order chi connectivity index (χ1) is 6.75. The third-order valence-corrected chi connectivity index (χ3v) is 2.12. The summed E-state index contributed by atoms with van der Waals surface area (Å²) >= 11 is 0. The Balaban J connectivity index is 2.40. The Kier molecular flexibility index (Phi) is 2.19. The van der Waals surface area contributed by atoms with E-state index in [0.717, 1.165) is 16.9 Å². The van der Waals surface area contributed by atoms with Crippen LogP contribution in [-0.2, 0) is 0 Å². The number of benzene rings is 1. The van der Waals surface area contributed by atoms with Gasteiger partial charge in [0, 0.05) is 17.4 Å². The molecule has 0 amide bonds. The van der Waals surface area contributed by atoms with Gasteiger partial charge in [-0.05, 0) is 30.7 Å². The van der Waals surface area contributed by atoms with E-state index in [0.29, 0.717) is 0 Å². The Hall–Kier alpha value is -1.83. The van der Waals surface area contributed by atoms with Crippen LogP contribution in [0.1, 0.15) is 5.56 Å². The van der Waals surface area contributed by atoms with Crippen LogP contribution in [0.25, 0.3) is 11.3 Å². The summed E-state index contributed by atoms with van der Waals surface area (Å²) in [6.45, 7) is 2.03. The van der Waals surface area contributed by atoms with Crippen molar-refractivity contribution in [2.75, 3.05) is 5.73 Å². The highest BCUT2D eigenvalue weighted by atomic mass is 14.7. The number of aromatic nitrogens is 1. The zero-order valence-corrected chi connectivity index (χ0v) is 8.07. The van der Waals surface area contributed by atoms with E-state index in [9.17, 15) is 0 Å². The summed E-state index contributed by atoms with van der Waals surface area (Å²) in [5, 5.41) is 0. The summed E-state index contributed by atoms with van der Waals surface area (Å²) in [5.41, 5.74) is 9.64. The normalized spacial score (nSPS) is 10.1. The third-order valence-electron chi connectivity index (χ3n) is 2.12. The monoisotopic (exact) mass is 184 g/mol. The summed E-state index contributed by atoms with van der Waals surface area (Å²) in [6, 6.07) is 11.8. The van der Waals surface area contributed by atoms with Gasteiger partial charge in [0.15, 0.2) is 0 Å². The average Bonchev–Trinajstić information content (AvgIpc) is 2.21. The van der Waals surface area contributed by atoms with Gasteiger partial charge in [-0.2, -0.15) is 0 Å². The van der Waals surface area contributed by atoms with E-state index in [4.69, 9.17) is 5.73 Å². The van der Waals surface area contributed by atoms with Crippen LogP contribution in [0.15, 0.2) is 42.6 Å². The summed E-state index contributed by atoms with van der Waals surface area (Å²) in [6.07, 6.45) is 1.87. The lowest BCUT2D eigenvalue weighted by Gasteiger charge is -2.01. The molecule has 1 aromatic carbocycles. The minimum Gasteiger partial charge on any atom is -0.399 e. The van der Waals surface area contributed by atoms with Gasteiger partial charge < -0.3 is 5.73 Å². The molecule has 0 aliphatic rings. The number of hydrogen-bond acceptors (Lipinski definition) is 2. The Morgan fingerprint density at radius 2 is 1.71 bits per heavy atom. The number of anilines is 1. The molecular formula is C12H12N2. The number of rotatable bonds is 1. The molecule has 2 aromatic rings. The van der Waals surface area contributed by atoms with Crippen LogP contribution in [0.5, 0.6) is 0 Å². The molecule has 1 heterocycles. The van der Waals surface area contributed by atoms with Gasteiger partial charge in [-0.15, -0.1) is 0 Å². The first kappa shape index (κ1) is 8.75. The van der Waals surface area contributed by atoms with Crippen LogP contribution in [0, 0.1) is 6.92 Å². The molecule has 2 N–H and O–H groups in total. The summed E-state index contributed by atoms with van der Waals surface area (Å²) in [7, 11) is 0. The number of pyridine rings is 1. The highest BCUT2D eigenvalue weighted by Gasteiger charge is 1.97. The smallest absolute Gasteiger partial charge is 0.0702 e. The van der Waals surface area contributed by atoms with Crippen molar-refractivity contribution in [1.82, 2.24) is 4.98 Å². The molecule has 0 radical (unpaired) electrons. The van der Waals surface area contributed by atoms with Gasteiger partial charge in [-0.25, -0.2) is 0 Å². The molecule has 14 heavy (non-hydrogen) atoms. The van der Waals surface area contributed by atoms with Gasteiger partial charge in [-0.1, -0.05) is 18.2 Å². The van der Waals surface area contributed by atoms with Crippen LogP contribution in [-0.4, -0.2) is 4.98 Å². The van der Waals surface area contributed by atoms with Gasteiger partial charge in [-0.3, -0.25) is 4.98 Å². The topological polar surface area (TPSA) is 38.9 Å². The molecule has 0 spiro atoms. The number of hydrogen-bond donors (Lipinski definition) is 1. The Bertz CT molecular complexity index is 372. The van der Waals surface area contributed by atoms with E-state index >= 15 is 0 Å². The fraction of sp³-hybridized carbons (Fsp3) is 0.0833. The van der Waals surface area contributed by atoms with E-state index < -0.39 is 0 Å². The molecule has 0 bridgehead atoms. The number of nitrogens with zero attached hydrogens (tertiary/aromatic N) is 1. The van der Waals surface area contributed by atoms with Crippen molar-refractivity contribution in [3.05, 3.63) is 48.2 Å². The summed E-state index contributed by atoms with van der Waals surface area (Å²) in [5.74, 6) is 0. The molecule has 0 atom stereocenters. The molecule has 0 fully saturated rings. The van der Waals surface area contributed by atoms with Crippen LogP contribution in [0.4, 0.5) is 5.69 Å². The fourth-order valence-electron chi connectivity index (χ4n) is 1.29. The molecule has 70 valence electrons. The Morgan fingerprint density at radius 1 is 1.00 bits per heavy atom. The average molecular weight is 184 g/mol. The lowest BCUT2D eigenvalue weighted by Crippen LogP contribution is -1.86. The number of aryl methyl sites for hydroxylation is 1. The molecule has 0 aliphatic heterocycles. The SMILES string of the molecule is Cc1ccc(-c2ccc(N)cc2)nc1. The van der Waals surface area contributed by atoms with Gasteiger partial charge >= 0.3 is 0 Å². The van der Waals surface area contributed by atoms with Crippen LogP contribution < -0.4 is 5.73 Å². The predicted octanol–water partition coefficient (Wildman–Crippen LogP) is 2.64. The second-order valence-electron chi connectivity index (χ2n) is 3.34. The van der Waals surface area contributed by atoms with E-state index in [1.54, 1.807) is 0 Å². The zero-order valence-electron chi connectivity index (χ0n) is 8.07. The molecule has 2 heteroatoms. The molecule has 0 saturated carbocycles. The molecule has 0 aliphatic carbocycles. The number of nitrogen functional groups attached to an aromatic ring is 1. The maximum Gasteiger partial charge on any atom is 0.0702 e. The molecular weight excluding hydrogens is 172 g/mol. The molecule has 2 nitrogen and oxygen atoms in total. The van der Waals surface area contributed by atoms with Crippen molar-refractivity contribution in [3.63, 3.8) is 0 Å². The zero-order chi connectivity index (χ0) is 9.97. The lowest BCUT2D eigenvalue weighted by molar-refractivity contribution is 1.27. The minimum atomic E-state index is 0.779. The van der Waals surface area contributed by atoms with Crippen molar-refractivity contribution in [2.24, 2.45) is 0 Å². The Morgan fingerprint density at radius 3 is 2.29 bits per heavy atom. The number of nitrogens with two attached hydrogens (primary N) is 1. The quantitative estimate of drug-likeness (QED) is 0.692. The van der Waals surface area contributed by atoms with Crippen LogP contribution in [0.3, 0.4) is 0 Å². The van der Waals surface area contributed by atoms with Crippen LogP contribution in [0.2, 0.25) is 0 Å². The highest BCUT2D eigenvalue weighted by molar-refractivity contribution is 5.61. The largest absolute Gasteiger partial charge is 0.399 e. The van der Waals surface area contributed by atoms with Crippen molar-refractivity contribution in [3.8, 4) is 11.3 Å². The maximum absolute atomic E-state index is 5.61. The predicted molar refractivity (Wildman–Crippen MR) is 58.8 cm³/mol. The molecule has 0 saturated heterocycles. The van der Waals surface area contributed by atoms with Crippen molar-refractivity contribution in [2.45, 2.75) is 6.92 Å². The summed E-state index contributed by atoms with van der Waals surface area (Å²) in [4.78, 5) is 4.34. The Labute approximate surface area is 83.4 Å².